The molecule has 3 aliphatic rings. The molecule has 0 radical (unpaired) electrons. The molecule has 6 aromatic carbocycles. The zero-order valence-corrected chi connectivity index (χ0v) is 67.0. The maximum atomic E-state index is 13.4. The average Bonchev–Trinajstić information content (AvgIpc) is 1.65. The molecule has 3 fully saturated rings. The molecular weight excluding hydrogens is 1550 g/mol. The van der Waals surface area contributed by atoms with Crippen LogP contribution in [-0.4, -0.2) is 129 Å². The fraction of sp³-hybridized carbons (Fsp3) is 0.329. The van der Waals surface area contributed by atoms with Crippen molar-refractivity contribution in [2.75, 3.05) is 46.2 Å². The first kappa shape index (κ1) is 88.9. The van der Waals surface area contributed by atoms with Crippen molar-refractivity contribution < 1.29 is 138 Å². The van der Waals surface area contributed by atoms with Crippen molar-refractivity contribution in [1.82, 2.24) is 29.7 Å². The summed E-state index contributed by atoms with van der Waals surface area (Å²) in [5.41, 5.74) is 6.43. The van der Waals surface area contributed by atoms with Gasteiger partial charge in [-0.3, -0.25) is 28.8 Å². The van der Waals surface area contributed by atoms with Crippen LogP contribution in [0, 0.1) is 5.92 Å². The molecule has 5 N–H and O–H groups in total. The van der Waals surface area contributed by atoms with Crippen molar-refractivity contribution in [3.05, 3.63) is 207 Å². The van der Waals surface area contributed by atoms with Crippen LogP contribution in [0.4, 0.5) is 0 Å². The summed E-state index contributed by atoms with van der Waals surface area (Å²) in [7, 11) is 5.48. The normalized spacial score (nSPS) is 18.0. The van der Waals surface area contributed by atoms with Gasteiger partial charge in [-0.2, -0.15) is 0 Å². The molecule has 103 heavy (non-hydrogen) atoms. The number of carboxylic acid groups (broad SMARTS) is 2. The van der Waals surface area contributed by atoms with Crippen molar-refractivity contribution in [1.29, 1.82) is 0 Å². The first-order valence-corrected chi connectivity index (χ1v) is 34.6. The number of aryl methyl sites for hydroxylation is 3. The summed E-state index contributed by atoms with van der Waals surface area (Å²) < 4.78 is 28.5. The van der Waals surface area contributed by atoms with Gasteiger partial charge >= 0.3 is 82.2 Å². The summed E-state index contributed by atoms with van der Waals surface area (Å²) in [4.78, 5) is 83.1. The molecule has 6 unspecified atom stereocenters. The number of hydrogen-bond acceptors (Lipinski definition) is 13. The van der Waals surface area contributed by atoms with Crippen LogP contribution in [0.5, 0.6) is 0 Å². The van der Waals surface area contributed by atoms with Gasteiger partial charge in [0.2, 0.25) is 0 Å². The van der Waals surface area contributed by atoms with Crippen molar-refractivity contribution in [3.63, 3.8) is 0 Å². The van der Waals surface area contributed by atoms with Crippen LogP contribution < -0.4 is 91.3 Å². The molecule has 6 atom stereocenters. The molecular formula is C73H76AlBrCl6KLiN6O14. The smallest absolute Gasteiger partial charge is 0.870 e. The summed E-state index contributed by atoms with van der Waals surface area (Å²) in [5, 5.41) is 33.4. The van der Waals surface area contributed by atoms with Gasteiger partial charge in [0.05, 0.1) is 96.9 Å². The van der Waals surface area contributed by atoms with E-state index in [4.69, 9.17) is 88.6 Å². The molecule has 0 saturated carbocycles. The number of carbonyl (C=O) groups excluding carboxylic acids is 6. The average molecular weight is 1630 g/mol. The summed E-state index contributed by atoms with van der Waals surface area (Å²) in [5.74, 6) is -5.40. The largest absolute Gasteiger partial charge is 1.00 e. The minimum Gasteiger partial charge on any atom is -0.870 e. The molecule has 536 valence electrons. The van der Waals surface area contributed by atoms with Crippen LogP contribution >= 0.6 is 85.5 Å². The number of carbonyl (C=O) groups is 7. The van der Waals surface area contributed by atoms with E-state index >= 15 is 0 Å². The number of amides is 3. The van der Waals surface area contributed by atoms with Crippen LogP contribution in [-0.2, 0) is 75.9 Å². The van der Waals surface area contributed by atoms with Gasteiger partial charge in [0.15, 0.2) is 17.4 Å². The summed E-state index contributed by atoms with van der Waals surface area (Å²) >= 11 is 40.9. The van der Waals surface area contributed by atoms with Crippen molar-refractivity contribution in [2.45, 2.75) is 82.3 Å². The number of halogens is 7. The molecule has 0 spiro atoms. The monoisotopic (exact) mass is 1620 g/mol. The SMILES string of the molecule is CC(=O)C(C)C(=O)[O-].CC(C(=O)O)c1ccc(C2(NC(=O)c3cc4c(Cl)c(Cl)ccc4n3C)CCOC2)cc1.CCOC(=O)C(C)c1ccc(C2(NC(=O)c3cc4c(Cl)c(Cl)ccc4n3C)CCOC2)cc1.Cn1c(C(=O)NC2(c3ccc(Br)cc3)CCOC2)cc2c(Cl)c(Cl)ccc21.[AlH3].[K+].[Li+].[OH-]. The first-order chi connectivity index (χ1) is 47.0. The maximum Gasteiger partial charge on any atom is 1.00 e. The van der Waals surface area contributed by atoms with Gasteiger partial charge < -0.3 is 69.1 Å². The van der Waals surface area contributed by atoms with Gasteiger partial charge in [-0.1, -0.05) is 153 Å². The van der Waals surface area contributed by atoms with Gasteiger partial charge in [0.25, 0.3) is 17.7 Å². The number of rotatable bonds is 16. The minimum atomic E-state index is -1.31. The molecule has 30 heteroatoms. The van der Waals surface area contributed by atoms with Crippen LogP contribution in [0.2, 0.25) is 30.1 Å². The van der Waals surface area contributed by atoms with Gasteiger partial charge in [0.1, 0.15) is 22.9 Å². The second-order valence-electron chi connectivity index (χ2n) is 24.6. The Kier molecular flexibility index (Phi) is 33.1. The Labute approximate surface area is 699 Å². The van der Waals surface area contributed by atoms with E-state index in [2.05, 4.69) is 31.9 Å². The van der Waals surface area contributed by atoms with E-state index in [-0.39, 0.29) is 128 Å². The molecule has 0 bridgehead atoms. The predicted molar refractivity (Wildman–Crippen MR) is 397 cm³/mol. The molecule has 0 aliphatic carbocycles. The number of carboxylic acids is 2. The van der Waals surface area contributed by atoms with E-state index in [0.717, 1.165) is 60.5 Å². The summed E-state index contributed by atoms with van der Waals surface area (Å²) in [6.07, 6.45) is 1.97. The van der Waals surface area contributed by atoms with Gasteiger partial charge in [-0.25, -0.2) is 0 Å². The van der Waals surface area contributed by atoms with E-state index < -0.39 is 40.4 Å². The van der Waals surface area contributed by atoms with Gasteiger partial charge in [-0.05, 0) is 122 Å². The molecule has 3 amide bonds. The number of esters is 1. The Morgan fingerprint density at radius 2 is 0.845 bits per heavy atom. The van der Waals surface area contributed by atoms with Crippen LogP contribution in [0.3, 0.4) is 0 Å². The Hall–Kier alpha value is -4.74. The number of aromatic nitrogens is 3. The fourth-order valence-corrected chi connectivity index (χ4v) is 13.5. The number of nitrogens with one attached hydrogen (secondary N) is 3. The zero-order valence-electron chi connectivity index (χ0n) is 57.7. The molecule has 20 nitrogen and oxygen atoms in total. The molecule has 9 aromatic rings. The van der Waals surface area contributed by atoms with Crippen LogP contribution in [0.15, 0.2) is 132 Å². The third kappa shape index (κ3) is 19.8. The molecule has 3 aromatic heterocycles. The third-order valence-electron chi connectivity index (χ3n) is 18.5. The number of Topliss-reactive ketones (excluding diaryl/α,β-unsaturated/α-hetero) is 1. The summed E-state index contributed by atoms with van der Waals surface area (Å²) in [6.45, 7) is 10.9. The van der Waals surface area contributed by atoms with E-state index in [9.17, 15) is 43.8 Å². The topological polar surface area (TPSA) is 281 Å². The second kappa shape index (κ2) is 38.4. The number of ether oxygens (including phenoxy) is 4. The molecule has 3 aliphatic heterocycles. The quantitative estimate of drug-likeness (QED) is 0.0439. The van der Waals surface area contributed by atoms with Crippen molar-refractivity contribution >= 4 is 177 Å². The molecule has 12 rings (SSSR count). The maximum absolute atomic E-state index is 13.4. The van der Waals surface area contributed by atoms with Crippen LogP contribution in [0.1, 0.15) is 125 Å². The van der Waals surface area contributed by atoms with E-state index in [1.54, 1.807) is 78.6 Å². The van der Waals surface area contributed by atoms with E-state index in [0.29, 0.717) is 117 Å². The van der Waals surface area contributed by atoms with Gasteiger partial charge in [-0.15, -0.1) is 0 Å². The van der Waals surface area contributed by atoms with Crippen LogP contribution in [0.25, 0.3) is 32.7 Å². The van der Waals surface area contributed by atoms with E-state index in [1.165, 1.54) is 13.8 Å². The molecule has 6 heterocycles. The number of ketones is 1. The second-order valence-corrected chi connectivity index (χ2v) is 27.9. The van der Waals surface area contributed by atoms with E-state index in [1.807, 2.05) is 104 Å². The Morgan fingerprint density at radius 1 is 0.544 bits per heavy atom. The predicted octanol–water partition coefficient (Wildman–Crippen LogP) is 6.82. The molecule has 3 saturated heterocycles. The third-order valence-corrected chi connectivity index (χ3v) is 21.4. The zero-order chi connectivity index (χ0) is 72.0. The Morgan fingerprint density at radius 3 is 1.10 bits per heavy atom. The Balaban J connectivity index is 0.000000259. The number of fused-ring (bicyclic) bond motifs is 3. The number of nitrogens with zero attached hydrogens (tertiary/aromatic N) is 3. The summed E-state index contributed by atoms with van der Waals surface area (Å²) in [6, 6.07) is 39.0. The first-order valence-electron chi connectivity index (χ1n) is 31.6. The number of hydrogen-bond donors (Lipinski definition) is 4. The van der Waals surface area contributed by atoms with Crippen molar-refractivity contribution in [3.8, 4) is 0 Å². The minimum absolute atomic E-state index is 0. The standard InChI is InChI=1S/C25H26Cl2N2O4.C23H22Cl2N2O4.C20H17BrCl2N2O2.C5H8O3.Al.K.Li.H2O.3H/c1-4-33-24(31)15(2)16-5-7-17(8-6-16)25(11-12-32-14-25)28-23(30)21-13-18-20(29(21)3)10-9-19(26)22(18)27;1-13(22(29)30)14-3-5-15(6-4-14)23(9-10-31-12-23)26-21(28)19-11-16-18(27(19)2)8-7-17(24)20(16)25;1-25-16-7-6-15(22)18(23)14(16)10-17(25)19(26)24-20(8-9-27-11-20)12-2-4-13(21)5-3-12;1-3(4(2)6)5(7)8;;;;;;;/h5-10,13,15H,4,11-12,14H2,1-3H3,(H,28,30);3-8,11,13H,9-10,12H2,1-2H3,(H,26,28)(H,29,30);2-7,10H,8-9,11H2,1H3,(H,24,26);3H,1-2H3,(H,7,8);;;;1H2;;;/q;;;;;2*+1;;;;/p-2. The van der Waals surface area contributed by atoms with Gasteiger partial charge in [0, 0.05) is 97.4 Å². The fourth-order valence-electron chi connectivity index (χ4n) is 12.1. The number of aliphatic carboxylic acids is 2. The number of benzene rings is 6. The Bertz CT molecular complexity index is 4550. The van der Waals surface area contributed by atoms with Crippen molar-refractivity contribution in [2.24, 2.45) is 27.1 Å².